The van der Waals surface area contributed by atoms with E-state index in [2.05, 4.69) is 48.6 Å². The fraction of sp³-hybridized carbons (Fsp3) is 0.600. The van der Waals surface area contributed by atoms with Gasteiger partial charge < -0.3 is 0 Å². The Bertz CT molecular complexity index is 502. The summed E-state index contributed by atoms with van der Waals surface area (Å²) in [6.45, 7) is 0. The molecule has 0 N–H and O–H groups in total. The van der Waals surface area contributed by atoms with Crippen molar-refractivity contribution in [2.45, 2.75) is 41.2 Å². The first-order valence-corrected chi connectivity index (χ1v) is 15.4. The van der Waals surface area contributed by atoms with E-state index in [0.717, 1.165) is 23.7 Å². The molecule has 21 heavy (non-hydrogen) atoms. The van der Waals surface area contributed by atoms with E-state index >= 15 is 0 Å². The zero-order chi connectivity index (χ0) is 13.9. The number of rotatable bonds is 2. The Kier molecular flexibility index (Phi) is 3.12. The molecule has 5 aliphatic rings. The normalized spacial score (nSPS) is 48.4. The first-order valence-electron chi connectivity index (χ1n) is 9.08. The van der Waals surface area contributed by atoms with Crippen molar-refractivity contribution in [1.29, 1.82) is 0 Å². The molecule has 0 radical (unpaired) electrons. The summed E-state index contributed by atoms with van der Waals surface area (Å²) < 4.78 is 5.83. The van der Waals surface area contributed by atoms with E-state index < -0.39 is 20.3 Å². The van der Waals surface area contributed by atoms with Crippen LogP contribution < -0.4 is 0 Å². The van der Waals surface area contributed by atoms with Crippen LogP contribution in [0, 0.1) is 23.7 Å². The van der Waals surface area contributed by atoms with Crippen molar-refractivity contribution in [3.63, 3.8) is 0 Å². The van der Waals surface area contributed by atoms with Crippen LogP contribution in [0.25, 0.3) is 0 Å². The zero-order valence-electron chi connectivity index (χ0n) is 12.8. The molecule has 1 heterocycles. The summed E-state index contributed by atoms with van der Waals surface area (Å²) in [5.74, 6) is 3.73. The summed E-state index contributed by atoms with van der Waals surface area (Å²) in [7, 11) is 0. The summed E-state index contributed by atoms with van der Waals surface area (Å²) in [5, 5.41) is 0. The predicted octanol–water partition coefficient (Wildman–Crippen LogP) is 5.87. The predicted molar refractivity (Wildman–Crippen MR) is 86.1 cm³/mol. The molecule has 1 saturated heterocycles. The molecule has 6 unspecified atom stereocenters. The molecule has 6 atom stereocenters. The van der Waals surface area contributed by atoms with Crippen LogP contribution in [-0.4, -0.2) is 0 Å². The van der Waals surface area contributed by atoms with Gasteiger partial charge in [-0.1, -0.05) is 0 Å². The molecule has 0 amide bonds. The van der Waals surface area contributed by atoms with Gasteiger partial charge in [-0.2, -0.15) is 0 Å². The van der Waals surface area contributed by atoms with Gasteiger partial charge in [0, 0.05) is 0 Å². The minimum atomic E-state index is -1.84. The molecule has 4 aliphatic carbocycles. The van der Waals surface area contributed by atoms with E-state index in [1.54, 1.807) is 21.1 Å². The number of hydrogen-bond donors (Lipinski definition) is 0. The maximum atomic E-state index is 2.60. The van der Waals surface area contributed by atoms with E-state index in [0.29, 0.717) is 0 Å². The average molecular weight is 358 g/mol. The molecule has 0 aromatic heterocycles. The second kappa shape index (κ2) is 4.92. The van der Waals surface area contributed by atoms with Crippen molar-refractivity contribution in [2.24, 2.45) is 23.7 Å². The van der Waals surface area contributed by atoms with Crippen LogP contribution in [0.4, 0.5) is 0 Å². The Labute approximate surface area is 133 Å². The molecular weight excluding hydrogens is 331 g/mol. The van der Waals surface area contributed by atoms with Gasteiger partial charge in [0.2, 0.25) is 0 Å². The van der Waals surface area contributed by atoms with Gasteiger partial charge >= 0.3 is 134 Å². The van der Waals surface area contributed by atoms with Crippen LogP contribution in [0.2, 0.25) is 15.5 Å². The molecule has 5 rings (SSSR count). The molecule has 3 fully saturated rings. The van der Waals surface area contributed by atoms with Crippen LogP contribution in [0.3, 0.4) is 0 Å². The molecular formula is C20H26Zr. The number of hydrogen-bond acceptors (Lipinski definition) is 0. The van der Waals surface area contributed by atoms with E-state index in [1.165, 1.54) is 20.1 Å². The Morgan fingerprint density at radius 1 is 0.571 bits per heavy atom. The van der Waals surface area contributed by atoms with Crippen molar-refractivity contribution in [2.75, 3.05) is 0 Å². The third-order valence-corrected chi connectivity index (χ3v) is 22.1. The van der Waals surface area contributed by atoms with Crippen LogP contribution in [0.15, 0.2) is 48.6 Å². The van der Waals surface area contributed by atoms with Gasteiger partial charge in [-0.05, 0) is 0 Å². The Morgan fingerprint density at radius 3 is 1.52 bits per heavy atom. The van der Waals surface area contributed by atoms with Gasteiger partial charge in [0.25, 0.3) is 0 Å². The van der Waals surface area contributed by atoms with E-state index in [9.17, 15) is 0 Å². The molecule has 0 aromatic rings. The minimum absolute atomic E-state index is 0.910. The topological polar surface area (TPSA) is 0 Å². The summed E-state index contributed by atoms with van der Waals surface area (Å²) in [6.07, 6.45) is 25.7. The fourth-order valence-electron chi connectivity index (χ4n) is 6.41. The summed E-state index contributed by atoms with van der Waals surface area (Å²) >= 11 is -1.84. The van der Waals surface area contributed by atoms with Gasteiger partial charge in [-0.3, -0.25) is 0 Å². The van der Waals surface area contributed by atoms with Crippen molar-refractivity contribution in [1.82, 2.24) is 0 Å². The Morgan fingerprint density at radius 2 is 1.05 bits per heavy atom. The second-order valence-electron chi connectivity index (χ2n) is 8.12. The second-order valence-corrected chi connectivity index (χ2v) is 20.3. The molecule has 110 valence electrons. The van der Waals surface area contributed by atoms with Gasteiger partial charge in [-0.15, -0.1) is 0 Å². The van der Waals surface area contributed by atoms with E-state index in [1.807, 2.05) is 0 Å². The average Bonchev–Trinajstić information content (AvgIpc) is 3.03. The first-order chi connectivity index (χ1) is 10.4. The summed E-state index contributed by atoms with van der Waals surface area (Å²) in [4.78, 5) is 0. The molecule has 0 nitrogen and oxygen atoms in total. The maximum absolute atomic E-state index is 2.60. The number of fused-ring (bicyclic) bond motifs is 2. The Balaban J connectivity index is 1.44. The summed E-state index contributed by atoms with van der Waals surface area (Å²) in [6, 6.07) is 0. The first kappa shape index (κ1) is 13.3. The van der Waals surface area contributed by atoms with Crippen LogP contribution >= 0.6 is 0 Å². The third-order valence-electron chi connectivity index (χ3n) is 7.45. The van der Waals surface area contributed by atoms with Gasteiger partial charge in [0.1, 0.15) is 0 Å². The standard InChI is InChI=1S/2C9H11.C2H4.Zr/c2*1-2-5-9-7-3-6-8(9)4-1;1-2;/h2*1-2,4-6,8-9H,3,7H2;1-2H2;. The molecule has 2 saturated carbocycles. The van der Waals surface area contributed by atoms with E-state index in [4.69, 9.17) is 0 Å². The van der Waals surface area contributed by atoms with Gasteiger partial charge in [0.05, 0.1) is 0 Å². The van der Waals surface area contributed by atoms with Crippen molar-refractivity contribution >= 4 is 0 Å². The van der Waals surface area contributed by atoms with Gasteiger partial charge in [0.15, 0.2) is 0 Å². The van der Waals surface area contributed by atoms with Crippen LogP contribution in [-0.2, 0) is 20.3 Å². The zero-order valence-corrected chi connectivity index (χ0v) is 15.3. The molecule has 0 aromatic carbocycles. The SMILES string of the molecule is C1=CC2CC[CH]([Zr]3([CH]4CCC5C=CC=CC54)[CH2][CH2]3)C2C=C1. The summed E-state index contributed by atoms with van der Waals surface area (Å²) in [5.41, 5.74) is 0. The third kappa shape index (κ3) is 1.96. The number of allylic oxidation sites excluding steroid dienone is 8. The molecule has 0 spiro atoms. The van der Waals surface area contributed by atoms with Crippen LogP contribution in [0.5, 0.6) is 0 Å². The van der Waals surface area contributed by atoms with Crippen molar-refractivity contribution < 1.29 is 20.3 Å². The van der Waals surface area contributed by atoms with Gasteiger partial charge in [-0.25, -0.2) is 0 Å². The Hall–Kier alpha value is -0.157. The van der Waals surface area contributed by atoms with Crippen LogP contribution in [0.1, 0.15) is 25.7 Å². The monoisotopic (exact) mass is 356 g/mol. The van der Waals surface area contributed by atoms with E-state index in [-0.39, 0.29) is 0 Å². The molecule has 0 bridgehead atoms. The van der Waals surface area contributed by atoms with Crippen molar-refractivity contribution in [3.05, 3.63) is 48.6 Å². The fourth-order valence-corrected chi connectivity index (χ4v) is 25.5. The quantitative estimate of drug-likeness (QED) is 0.579. The molecule has 1 heteroatoms. The molecule has 1 aliphatic heterocycles. The van der Waals surface area contributed by atoms with Crippen molar-refractivity contribution in [3.8, 4) is 0 Å².